The van der Waals surface area contributed by atoms with E-state index < -0.39 is 36.8 Å². The fraction of sp³-hybridized carbons (Fsp3) is 0.877. The molecule has 69 heavy (non-hydrogen) atoms. The maximum absolute atomic E-state index is 3.05. The van der Waals surface area contributed by atoms with Gasteiger partial charge in [-0.25, -0.2) is 0 Å². The summed E-state index contributed by atoms with van der Waals surface area (Å²) < 4.78 is 13.8. The van der Waals surface area contributed by atoms with Gasteiger partial charge in [-0.15, -0.1) is 0 Å². The Morgan fingerprint density at radius 2 is 0.478 bits per heavy atom. The molecule has 2 heterocycles. The Hall–Kier alpha value is 0.997. The van der Waals surface area contributed by atoms with E-state index in [1.165, 1.54) is 270 Å². The van der Waals surface area contributed by atoms with E-state index in [2.05, 4.69) is 90.2 Å². The Kier molecular flexibility index (Phi) is 37.5. The predicted octanol–water partition coefficient (Wildman–Crippen LogP) is 23.9. The zero-order chi connectivity index (χ0) is 49.7. The summed E-state index contributed by atoms with van der Waals surface area (Å²) in [6.07, 6.45) is 60.8. The molecule has 0 aliphatic heterocycles. The van der Waals surface area contributed by atoms with E-state index >= 15 is 0 Å². The van der Waals surface area contributed by atoms with Crippen molar-refractivity contribution in [2.45, 2.75) is 357 Å². The summed E-state index contributed by atoms with van der Waals surface area (Å²) in [5.74, 6) is 0. The van der Waals surface area contributed by atoms with Gasteiger partial charge in [0.25, 0.3) is 0 Å². The van der Waals surface area contributed by atoms with Crippen LogP contribution >= 0.6 is 22.7 Å². The third kappa shape index (κ3) is 22.6. The zero-order valence-corrected chi connectivity index (χ0v) is 55.8. The molecule has 3 rings (SSSR count). The normalized spacial score (nSPS) is 13.5. The molecule has 4 heteroatoms. The molecule has 0 bridgehead atoms. The van der Waals surface area contributed by atoms with Crippen LogP contribution in [0.3, 0.4) is 0 Å². The van der Waals surface area contributed by atoms with Gasteiger partial charge < -0.3 is 0 Å². The molecule has 0 radical (unpaired) electrons. The SMILES string of the molecule is CCCCCCCCCCCCCCCCC1(CCCCCCCCCCCCCCCC)c2c[c]([Sn]([CH2]CCC)([CH2]CCC)[CH2]CCC)sc2-c2s[c]([Sn]([CH2]CCC)([CH2]CCC)[CH2]CCC)cc21. The minimum absolute atomic E-state index is 0.276. The average Bonchev–Trinajstić information content (AvgIpc) is 4.08. The third-order valence-corrected chi connectivity index (χ3v) is 56.6. The first kappa shape index (κ1) is 64.3. The van der Waals surface area contributed by atoms with Crippen molar-refractivity contribution in [2.24, 2.45) is 0 Å². The molecular formula is C65H122S2Sn2. The van der Waals surface area contributed by atoms with Gasteiger partial charge in [-0.3, -0.25) is 0 Å². The van der Waals surface area contributed by atoms with Gasteiger partial charge in [-0.1, -0.05) is 104 Å². The molecule has 0 aromatic carbocycles. The predicted molar refractivity (Wildman–Crippen MR) is 327 cm³/mol. The Morgan fingerprint density at radius 1 is 0.275 bits per heavy atom. The molecule has 0 nitrogen and oxygen atoms in total. The second-order valence-electron chi connectivity index (χ2n) is 23.7. The van der Waals surface area contributed by atoms with E-state index in [0.29, 0.717) is 0 Å². The van der Waals surface area contributed by atoms with Gasteiger partial charge in [-0.2, -0.15) is 0 Å². The summed E-state index contributed by atoms with van der Waals surface area (Å²) in [7, 11) is 0. The van der Waals surface area contributed by atoms with E-state index in [9.17, 15) is 0 Å². The summed E-state index contributed by atoms with van der Waals surface area (Å²) >= 11 is -0.324. The summed E-state index contributed by atoms with van der Waals surface area (Å²) in [6, 6.07) is 6.11. The quantitative estimate of drug-likeness (QED) is 0.0457. The summed E-state index contributed by atoms with van der Waals surface area (Å²) in [4.78, 5) is 3.69. The van der Waals surface area contributed by atoms with Crippen LogP contribution in [0.2, 0.25) is 26.6 Å². The van der Waals surface area contributed by atoms with Crippen LogP contribution in [-0.4, -0.2) is 36.8 Å². The molecule has 2 aromatic heterocycles. The van der Waals surface area contributed by atoms with Gasteiger partial charge >= 0.3 is 352 Å². The number of hydrogen-bond acceptors (Lipinski definition) is 2. The maximum atomic E-state index is 3.05. The molecule has 402 valence electrons. The fourth-order valence-corrected chi connectivity index (χ4v) is 53.9. The van der Waals surface area contributed by atoms with Crippen molar-refractivity contribution in [3.05, 3.63) is 23.3 Å². The molecule has 1 aliphatic carbocycles. The average molecular weight is 1210 g/mol. The van der Waals surface area contributed by atoms with Crippen LogP contribution in [0.1, 0.15) is 336 Å². The first-order valence-corrected chi connectivity index (χ1v) is 48.8. The number of hydrogen-bond donors (Lipinski definition) is 0. The van der Waals surface area contributed by atoms with Crippen LogP contribution in [-0.2, 0) is 5.41 Å². The van der Waals surface area contributed by atoms with Gasteiger partial charge in [0.15, 0.2) is 0 Å². The van der Waals surface area contributed by atoms with Crippen molar-refractivity contribution in [3.8, 4) is 9.75 Å². The van der Waals surface area contributed by atoms with Crippen molar-refractivity contribution < 1.29 is 0 Å². The van der Waals surface area contributed by atoms with Crippen LogP contribution in [0, 0.1) is 0 Å². The molecule has 0 atom stereocenters. The number of thiophene rings is 2. The van der Waals surface area contributed by atoms with Crippen molar-refractivity contribution in [2.75, 3.05) is 0 Å². The minimum atomic E-state index is -2.62. The van der Waals surface area contributed by atoms with E-state index in [-0.39, 0.29) is 5.41 Å². The van der Waals surface area contributed by atoms with E-state index in [1.807, 2.05) is 26.7 Å². The first-order chi connectivity index (χ1) is 33.9. The van der Waals surface area contributed by atoms with Gasteiger partial charge in [0.1, 0.15) is 0 Å². The second kappa shape index (κ2) is 40.3. The van der Waals surface area contributed by atoms with Crippen molar-refractivity contribution >= 4 is 65.2 Å². The molecule has 0 amide bonds. The Bertz CT molecular complexity index is 1330. The van der Waals surface area contributed by atoms with Gasteiger partial charge in [0, 0.05) is 0 Å². The van der Waals surface area contributed by atoms with Gasteiger partial charge in [0.2, 0.25) is 0 Å². The van der Waals surface area contributed by atoms with E-state index in [1.54, 1.807) is 26.6 Å². The zero-order valence-electron chi connectivity index (χ0n) is 48.4. The summed E-state index contributed by atoms with van der Waals surface area (Å²) in [5.41, 5.74) is 4.08. The van der Waals surface area contributed by atoms with Crippen molar-refractivity contribution in [3.63, 3.8) is 0 Å². The van der Waals surface area contributed by atoms with Gasteiger partial charge in [0.05, 0.1) is 0 Å². The molecule has 0 saturated heterocycles. The molecule has 1 aliphatic rings. The first-order valence-electron chi connectivity index (χ1n) is 32.2. The van der Waals surface area contributed by atoms with Crippen molar-refractivity contribution in [1.29, 1.82) is 0 Å². The van der Waals surface area contributed by atoms with E-state index in [0.717, 1.165) is 0 Å². The molecule has 0 saturated carbocycles. The van der Waals surface area contributed by atoms with Gasteiger partial charge in [-0.05, 0) is 0 Å². The fourth-order valence-electron chi connectivity index (χ4n) is 13.0. The number of rotatable bonds is 50. The number of fused-ring (bicyclic) bond motifs is 3. The summed E-state index contributed by atoms with van der Waals surface area (Å²) in [5, 5.41) is 0. The topological polar surface area (TPSA) is 0 Å². The molecule has 0 spiro atoms. The molecule has 2 aromatic rings. The van der Waals surface area contributed by atoms with Crippen molar-refractivity contribution in [1.82, 2.24) is 0 Å². The third-order valence-electron chi connectivity index (χ3n) is 17.7. The standard InChI is InChI=1S/C41H68S2.6C4H9.2Sn/c1-3-5-7-9-11-13-15-17-19-21-23-25-27-29-33-41(37-31-35-42-39(37)40-38(41)32-36-43-40)34-30-28-26-24-22-20-18-16-14-12-10-8-6-4-2;6*1-3-4-2;;/h31-32H,3-30,33-34H2,1-2H3;6*1,3-4H2,2H3;;. The van der Waals surface area contributed by atoms with Crippen LogP contribution in [0.25, 0.3) is 9.75 Å². The number of unbranched alkanes of at least 4 members (excludes halogenated alkanes) is 32. The second-order valence-corrected chi connectivity index (χ2v) is 54.1. The van der Waals surface area contributed by atoms with E-state index in [4.69, 9.17) is 0 Å². The van der Waals surface area contributed by atoms with Crippen LogP contribution < -0.4 is 5.79 Å². The molecule has 0 N–H and O–H groups in total. The summed E-state index contributed by atoms with van der Waals surface area (Å²) in [6.45, 7) is 19.6. The van der Waals surface area contributed by atoms with Crippen LogP contribution in [0.5, 0.6) is 0 Å². The molecular weight excluding hydrogens is 1080 g/mol. The van der Waals surface area contributed by atoms with Crippen LogP contribution in [0.15, 0.2) is 12.1 Å². The Labute approximate surface area is 451 Å². The Balaban J connectivity index is 1.96. The Morgan fingerprint density at radius 3 is 0.696 bits per heavy atom. The molecule has 0 fully saturated rings. The monoisotopic (exact) mass is 1210 g/mol. The van der Waals surface area contributed by atoms with Crippen LogP contribution in [0.4, 0.5) is 0 Å². The molecule has 0 unspecified atom stereocenters.